The Morgan fingerprint density at radius 1 is 1.48 bits per heavy atom. The first kappa shape index (κ1) is 15.4. The van der Waals surface area contributed by atoms with Crippen molar-refractivity contribution in [3.8, 4) is 0 Å². The number of aliphatic hydroxyl groups is 1. The predicted octanol–water partition coefficient (Wildman–Crippen LogP) is 3.49. The highest BCUT2D eigenvalue weighted by Crippen LogP contribution is 2.40. The van der Waals surface area contributed by atoms with Gasteiger partial charge in [0.2, 0.25) is 0 Å². The Labute approximate surface area is 125 Å². The number of nitro groups is 1. The Kier molecular flexibility index (Phi) is 4.54. The lowest BCUT2D eigenvalue weighted by molar-refractivity contribution is -0.383. The maximum atomic E-state index is 13.7. The minimum atomic E-state index is -0.774. The summed E-state index contributed by atoms with van der Waals surface area (Å²) in [7, 11) is 1.66. The number of benzene rings is 1. The fourth-order valence-electron chi connectivity index (χ4n) is 1.95. The molecule has 0 spiro atoms. The van der Waals surface area contributed by atoms with Crippen LogP contribution in [0.1, 0.15) is 23.5 Å². The molecule has 0 unspecified atom stereocenters. The lowest BCUT2D eigenvalue weighted by Crippen LogP contribution is -2.17. The van der Waals surface area contributed by atoms with Crippen LogP contribution in [-0.2, 0) is 6.54 Å². The van der Waals surface area contributed by atoms with Crippen LogP contribution in [0, 0.1) is 15.9 Å². The third kappa shape index (κ3) is 3.37. The number of hydrogen-bond donors (Lipinski definition) is 1. The van der Waals surface area contributed by atoms with Crippen LogP contribution in [0.2, 0.25) is 0 Å². The Morgan fingerprint density at radius 2 is 2.14 bits per heavy atom. The second-order valence-corrected chi connectivity index (χ2v) is 5.78. The molecule has 1 atom stereocenters. The molecule has 1 heterocycles. The van der Waals surface area contributed by atoms with E-state index in [1.807, 2.05) is 0 Å². The van der Waals surface area contributed by atoms with Crippen LogP contribution in [0.5, 0.6) is 0 Å². The summed E-state index contributed by atoms with van der Waals surface area (Å²) in [6, 6.07) is 7.67. The SMILES string of the molecule is C[C@H](O)c1cc([N+](=O)[O-])c(N(C)Cc2ccccc2F)s1. The molecule has 7 heteroatoms. The van der Waals surface area contributed by atoms with Crippen molar-refractivity contribution in [1.29, 1.82) is 0 Å². The normalized spacial score (nSPS) is 12.2. The zero-order chi connectivity index (χ0) is 15.6. The number of aliphatic hydroxyl groups excluding tert-OH is 1. The van der Waals surface area contributed by atoms with Gasteiger partial charge in [0.25, 0.3) is 0 Å². The van der Waals surface area contributed by atoms with Crippen molar-refractivity contribution in [3.63, 3.8) is 0 Å². The van der Waals surface area contributed by atoms with Crippen LogP contribution in [0.3, 0.4) is 0 Å². The van der Waals surface area contributed by atoms with E-state index in [4.69, 9.17) is 0 Å². The quantitative estimate of drug-likeness (QED) is 0.678. The van der Waals surface area contributed by atoms with Crippen molar-refractivity contribution in [2.24, 2.45) is 0 Å². The van der Waals surface area contributed by atoms with Crippen molar-refractivity contribution < 1.29 is 14.4 Å². The second-order valence-electron chi connectivity index (χ2n) is 4.72. The Balaban J connectivity index is 2.32. The Morgan fingerprint density at radius 3 is 2.71 bits per heavy atom. The van der Waals surface area contributed by atoms with Gasteiger partial charge >= 0.3 is 5.69 Å². The van der Waals surface area contributed by atoms with Crippen molar-refractivity contribution in [1.82, 2.24) is 0 Å². The van der Waals surface area contributed by atoms with Crippen LogP contribution < -0.4 is 4.90 Å². The van der Waals surface area contributed by atoms with Gasteiger partial charge in [0, 0.05) is 30.1 Å². The van der Waals surface area contributed by atoms with Gasteiger partial charge in [-0.1, -0.05) is 18.2 Å². The third-order valence-electron chi connectivity index (χ3n) is 3.03. The minimum Gasteiger partial charge on any atom is -0.388 e. The number of thiophene rings is 1. The molecular formula is C14H15FN2O3S. The predicted molar refractivity (Wildman–Crippen MR) is 80.1 cm³/mol. The van der Waals surface area contributed by atoms with Gasteiger partial charge in [0.05, 0.1) is 11.0 Å². The minimum absolute atomic E-state index is 0.0743. The van der Waals surface area contributed by atoms with E-state index in [2.05, 4.69) is 0 Å². The molecular weight excluding hydrogens is 295 g/mol. The van der Waals surface area contributed by atoms with Gasteiger partial charge in [-0.2, -0.15) is 0 Å². The largest absolute Gasteiger partial charge is 0.388 e. The molecule has 1 N–H and O–H groups in total. The standard InChI is InChI=1S/C14H15FN2O3S/c1-9(18)13-7-12(17(19)20)14(21-13)16(2)8-10-5-3-4-6-11(10)15/h3-7,9,18H,8H2,1-2H3/t9-/m0/s1. The highest BCUT2D eigenvalue weighted by molar-refractivity contribution is 7.16. The summed E-state index contributed by atoms with van der Waals surface area (Å²) in [6.07, 6.45) is -0.774. The monoisotopic (exact) mass is 310 g/mol. The molecule has 112 valence electrons. The number of rotatable bonds is 5. The fraction of sp³-hybridized carbons (Fsp3) is 0.286. The summed E-state index contributed by atoms with van der Waals surface area (Å²) in [4.78, 5) is 12.8. The van der Waals surface area contributed by atoms with E-state index < -0.39 is 11.0 Å². The van der Waals surface area contributed by atoms with E-state index in [1.54, 1.807) is 37.1 Å². The smallest absolute Gasteiger partial charge is 0.304 e. The van der Waals surface area contributed by atoms with Crippen molar-refractivity contribution in [3.05, 3.63) is 56.7 Å². The molecule has 2 rings (SSSR count). The average Bonchev–Trinajstić information content (AvgIpc) is 2.87. The molecule has 0 aliphatic rings. The zero-order valence-electron chi connectivity index (χ0n) is 11.6. The summed E-state index contributed by atoms with van der Waals surface area (Å²) < 4.78 is 13.7. The van der Waals surface area contributed by atoms with E-state index in [9.17, 15) is 19.6 Å². The molecule has 21 heavy (non-hydrogen) atoms. The van der Waals surface area contributed by atoms with Gasteiger partial charge in [-0.3, -0.25) is 10.1 Å². The molecule has 0 saturated carbocycles. The Hall–Kier alpha value is -1.99. The van der Waals surface area contributed by atoms with Gasteiger partial charge in [-0.25, -0.2) is 4.39 Å². The fourth-order valence-corrected chi connectivity index (χ4v) is 2.98. The maximum Gasteiger partial charge on any atom is 0.304 e. The van der Waals surface area contributed by atoms with Gasteiger partial charge < -0.3 is 10.0 Å². The first-order valence-electron chi connectivity index (χ1n) is 6.31. The molecule has 1 aromatic carbocycles. The van der Waals surface area contributed by atoms with Crippen molar-refractivity contribution in [2.75, 3.05) is 11.9 Å². The van der Waals surface area contributed by atoms with Gasteiger partial charge in [-0.05, 0) is 13.0 Å². The lowest BCUT2D eigenvalue weighted by atomic mass is 10.2. The molecule has 2 aromatic rings. The summed E-state index contributed by atoms with van der Waals surface area (Å²) >= 11 is 1.14. The second kappa shape index (κ2) is 6.19. The van der Waals surface area contributed by atoms with Gasteiger partial charge in [0.1, 0.15) is 5.82 Å². The van der Waals surface area contributed by atoms with Crippen LogP contribution >= 0.6 is 11.3 Å². The third-order valence-corrected chi connectivity index (χ3v) is 4.44. The molecule has 0 fully saturated rings. The van der Waals surface area contributed by atoms with Crippen LogP contribution in [0.4, 0.5) is 15.1 Å². The maximum absolute atomic E-state index is 13.7. The van der Waals surface area contributed by atoms with Gasteiger partial charge in [0.15, 0.2) is 5.00 Å². The highest BCUT2D eigenvalue weighted by atomic mass is 32.1. The van der Waals surface area contributed by atoms with Crippen molar-refractivity contribution in [2.45, 2.75) is 19.6 Å². The number of halogens is 1. The molecule has 1 aromatic heterocycles. The Bertz CT molecular complexity index is 657. The number of anilines is 1. The summed E-state index contributed by atoms with van der Waals surface area (Å²) in [5, 5.41) is 21.1. The summed E-state index contributed by atoms with van der Waals surface area (Å²) in [6.45, 7) is 1.77. The molecule has 0 aliphatic heterocycles. The first-order chi connectivity index (χ1) is 9.90. The molecule has 0 amide bonds. The van der Waals surface area contributed by atoms with E-state index in [1.165, 1.54) is 12.1 Å². The molecule has 0 bridgehead atoms. The first-order valence-corrected chi connectivity index (χ1v) is 7.12. The zero-order valence-corrected chi connectivity index (χ0v) is 12.4. The number of nitrogens with zero attached hydrogens (tertiary/aromatic N) is 2. The van der Waals surface area contributed by atoms with Crippen LogP contribution in [-0.4, -0.2) is 17.1 Å². The van der Waals surface area contributed by atoms with E-state index in [-0.39, 0.29) is 18.0 Å². The molecule has 0 aliphatic carbocycles. The van der Waals surface area contributed by atoms with Gasteiger partial charge in [-0.15, -0.1) is 11.3 Å². The summed E-state index contributed by atoms with van der Waals surface area (Å²) in [5.74, 6) is -0.348. The van der Waals surface area contributed by atoms with Crippen LogP contribution in [0.15, 0.2) is 30.3 Å². The number of hydrogen-bond acceptors (Lipinski definition) is 5. The topological polar surface area (TPSA) is 66.6 Å². The molecule has 0 radical (unpaired) electrons. The highest BCUT2D eigenvalue weighted by Gasteiger charge is 2.24. The average molecular weight is 310 g/mol. The molecule has 5 nitrogen and oxygen atoms in total. The van der Waals surface area contributed by atoms with Crippen LogP contribution in [0.25, 0.3) is 0 Å². The summed E-state index contributed by atoms with van der Waals surface area (Å²) in [5.41, 5.74) is 0.385. The van der Waals surface area contributed by atoms with E-state index >= 15 is 0 Å². The lowest BCUT2D eigenvalue weighted by Gasteiger charge is -2.17. The van der Waals surface area contributed by atoms with E-state index in [0.717, 1.165) is 11.3 Å². The van der Waals surface area contributed by atoms with Crippen molar-refractivity contribution >= 4 is 22.0 Å². The molecule has 0 saturated heterocycles. The van der Waals surface area contributed by atoms with E-state index in [0.29, 0.717) is 15.4 Å².